The fourth-order valence-corrected chi connectivity index (χ4v) is 4.98. The molecule has 3 nitrogen and oxygen atoms in total. The number of carbonyl (C=O) groups excluding carboxylic acids is 1. The molecule has 3 aromatic rings. The number of hydrogen-bond donors (Lipinski definition) is 1. The fourth-order valence-electron chi connectivity index (χ4n) is 3.61. The number of halogens is 1. The molecule has 2 aromatic heterocycles. The van der Waals surface area contributed by atoms with Crippen LogP contribution in [0.5, 0.6) is 0 Å². The van der Waals surface area contributed by atoms with Crippen molar-refractivity contribution in [2.45, 2.75) is 46.6 Å². The molecule has 0 saturated carbocycles. The van der Waals surface area contributed by atoms with Crippen molar-refractivity contribution in [3.63, 3.8) is 0 Å². The predicted molar refractivity (Wildman–Crippen MR) is 108 cm³/mol. The van der Waals surface area contributed by atoms with E-state index in [4.69, 9.17) is 17.3 Å². The van der Waals surface area contributed by atoms with Crippen molar-refractivity contribution >= 4 is 38.9 Å². The van der Waals surface area contributed by atoms with Gasteiger partial charge in [-0.05, 0) is 61.9 Å². The van der Waals surface area contributed by atoms with Gasteiger partial charge in [-0.2, -0.15) is 0 Å². The summed E-state index contributed by atoms with van der Waals surface area (Å²) in [5, 5.41) is 1.91. The number of nitrogens with zero attached hydrogens (tertiary/aromatic N) is 1. The number of nitrogens with two attached hydrogens (primary N) is 1. The summed E-state index contributed by atoms with van der Waals surface area (Å²) in [4.78, 5) is 13.1. The third-order valence-electron chi connectivity index (χ3n) is 5.00. The largest absolute Gasteiger partial charge is 0.366 e. The number of aryl methyl sites for hydroxylation is 1. The number of amides is 1. The van der Waals surface area contributed by atoms with E-state index in [9.17, 15) is 4.79 Å². The standard InChI is InChI=1S/C20H23ClN2OS/c1-5-14(6-2)23-12(4)16(20(22)24)10-17(23)19-11(3)15-9-13(21)7-8-18(15)25-19/h7-10,14H,5-6H2,1-4H3,(H2,22,24). The first-order valence-corrected chi connectivity index (χ1v) is 9.79. The Hall–Kier alpha value is -1.78. The molecular weight excluding hydrogens is 352 g/mol. The third kappa shape index (κ3) is 2.98. The third-order valence-corrected chi connectivity index (χ3v) is 6.53. The van der Waals surface area contributed by atoms with E-state index < -0.39 is 0 Å². The quantitative estimate of drug-likeness (QED) is 0.576. The summed E-state index contributed by atoms with van der Waals surface area (Å²) >= 11 is 7.92. The number of primary amides is 1. The molecule has 25 heavy (non-hydrogen) atoms. The first kappa shape index (κ1) is 18.0. The number of carbonyl (C=O) groups is 1. The van der Waals surface area contributed by atoms with Gasteiger partial charge in [-0.15, -0.1) is 11.3 Å². The minimum atomic E-state index is -0.370. The summed E-state index contributed by atoms with van der Waals surface area (Å²) in [6.45, 7) is 8.47. The Morgan fingerprint density at radius 2 is 1.92 bits per heavy atom. The summed E-state index contributed by atoms with van der Waals surface area (Å²) in [6.07, 6.45) is 2.01. The predicted octanol–water partition coefficient (Wildman–Crippen LogP) is 6.10. The summed E-state index contributed by atoms with van der Waals surface area (Å²) in [6, 6.07) is 8.29. The molecule has 1 amide bonds. The first-order chi connectivity index (χ1) is 11.9. The van der Waals surface area contributed by atoms with Gasteiger partial charge >= 0.3 is 0 Å². The van der Waals surface area contributed by atoms with Crippen molar-refractivity contribution in [3.05, 3.63) is 46.1 Å². The van der Waals surface area contributed by atoms with Gasteiger partial charge in [0.15, 0.2) is 0 Å². The van der Waals surface area contributed by atoms with Crippen LogP contribution in [0.25, 0.3) is 20.7 Å². The van der Waals surface area contributed by atoms with Crippen LogP contribution >= 0.6 is 22.9 Å². The van der Waals surface area contributed by atoms with Crippen molar-refractivity contribution in [2.24, 2.45) is 5.73 Å². The van der Waals surface area contributed by atoms with Crippen molar-refractivity contribution in [1.29, 1.82) is 0 Å². The Morgan fingerprint density at radius 3 is 2.52 bits per heavy atom. The summed E-state index contributed by atoms with van der Waals surface area (Å²) in [7, 11) is 0. The molecule has 0 atom stereocenters. The van der Waals surface area contributed by atoms with Crippen molar-refractivity contribution < 1.29 is 4.79 Å². The second-order valence-electron chi connectivity index (χ2n) is 6.43. The highest BCUT2D eigenvalue weighted by Gasteiger charge is 2.23. The van der Waals surface area contributed by atoms with Crippen LogP contribution in [0.3, 0.4) is 0 Å². The van der Waals surface area contributed by atoms with Crippen LogP contribution in [-0.4, -0.2) is 10.5 Å². The van der Waals surface area contributed by atoms with Gasteiger partial charge in [0.1, 0.15) is 0 Å². The van der Waals surface area contributed by atoms with Gasteiger partial charge in [0, 0.05) is 21.5 Å². The van der Waals surface area contributed by atoms with E-state index in [1.54, 1.807) is 11.3 Å². The molecule has 132 valence electrons. The molecule has 0 aliphatic carbocycles. The second kappa shape index (κ2) is 6.85. The van der Waals surface area contributed by atoms with Crippen LogP contribution < -0.4 is 5.73 Å². The molecule has 0 spiro atoms. The van der Waals surface area contributed by atoms with Crippen molar-refractivity contribution in [3.8, 4) is 10.6 Å². The lowest BCUT2D eigenvalue weighted by Crippen LogP contribution is -2.14. The average Bonchev–Trinajstić information content (AvgIpc) is 3.08. The zero-order valence-corrected chi connectivity index (χ0v) is 16.6. The zero-order chi connectivity index (χ0) is 18.3. The highest BCUT2D eigenvalue weighted by Crippen LogP contribution is 2.42. The number of fused-ring (bicyclic) bond motifs is 1. The van der Waals surface area contributed by atoms with Crippen LogP contribution in [-0.2, 0) is 0 Å². The Kier molecular flexibility index (Phi) is 4.94. The van der Waals surface area contributed by atoms with Crippen molar-refractivity contribution in [1.82, 2.24) is 4.57 Å². The maximum Gasteiger partial charge on any atom is 0.250 e. The topological polar surface area (TPSA) is 48.0 Å². The van der Waals surface area contributed by atoms with E-state index in [2.05, 4.69) is 31.4 Å². The maximum absolute atomic E-state index is 11.9. The minimum absolute atomic E-state index is 0.344. The zero-order valence-electron chi connectivity index (χ0n) is 15.0. The monoisotopic (exact) mass is 374 g/mol. The van der Waals surface area contributed by atoms with Gasteiger partial charge in [-0.25, -0.2) is 0 Å². The fraction of sp³-hybridized carbons (Fsp3) is 0.350. The molecule has 1 aromatic carbocycles. The lowest BCUT2D eigenvalue weighted by atomic mass is 10.1. The summed E-state index contributed by atoms with van der Waals surface area (Å²) in [5.41, 5.74) is 9.46. The molecule has 0 fully saturated rings. The maximum atomic E-state index is 11.9. The molecule has 0 aliphatic rings. The van der Waals surface area contributed by atoms with Crippen LogP contribution in [0.15, 0.2) is 24.3 Å². The lowest BCUT2D eigenvalue weighted by Gasteiger charge is -2.21. The summed E-state index contributed by atoms with van der Waals surface area (Å²) < 4.78 is 3.49. The van der Waals surface area contributed by atoms with E-state index in [0.29, 0.717) is 11.6 Å². The van der Waals surface area contributed by atoms with Crippen LogP contribution in [0, 0.1) is 13.8 Å². The Labute approximate surface area is 157 Å². The summed E-state index contributed by atoms with van der Waals surface area (Å²) in [5.74, 6) is -0.370. The molecule has 0 aliphatic heterocycles. The van der Waals surface area contributed by atoms with E-state index >= 15 is 0 Å². The van der Waals surface area contributed by atoms with Gasteiger partial charge in [0.05, 0.1) is 16.1 Å². The van der Waals surface area contributed by atoms with Gasteiger partial charge < -0.3 is 10.3 Å². The SMILES string of the molecule is CCC(CC)n1c(-c2sc3ccc(Cl)cc3c2C)cc(C(N)=O)c1C. The molecule has 0 unspecified atom stereocenters. The first-order valence-electron chi connectivity index (χ1n) is 8.59. The molecule has 0 radical (unpaired) electrons. The molecule has 2 N–H and O–H groups in total. The normalized spacial score (nSPS) is 11.6. The number of thiophene rings is 1. The number of rotatable bonds is 5. The molecule has 0 saturated heterocycles. The lowest BCUT2D eigenvalue weighted by molar-refractivity contribution is 0.0999. The molecule has 3 rings (SSSR count). The van der Waals surface area contributed by atoms with E-state index in [0.717, 1.165) is 29.3 Å². The van der Waals surface area contributed by atoms with Crippen LogP contribution in [0.2, 0.25) is 5.02 Å². The Morgan fingerprint density at radius 1 is 1.24 bits per heavy atom. The number of hydrogen-bond acceptors (Lipinski definition) is 2. The molecule has 2 heterocycles. The minimum Gasteiger partial charge on any atom is -0.366 e. The van der Waals surface area contributed by atoms with Crippen molar-refractivity contribution in [2.75, 3.05) is 0 Å². The van der Waals surface area contributed by atoms with Gasteiger partial charge in [-0.3, -0.25) is 4.79 Å². The van der Waals surface area contributed by atoms with E-state index in [1.165, 1.54) is 20.5 Å². The second-order valence-corrected chi connectivity index (χ2v) is 7.92. The average molecular weight is 375 g/mol. The number of benzene rings is 1. The molecular formula is C20H23ClN2OS. The van der Waals surface area contributed by atoms with Crippen LogP contribution in [0.1, 0.15) is 54.3 Å². The highest BCUT2D eigenvalue weighted by molar-refractivity contribution is 7.22. The molecule has 5 heteroatoms. The number of aromatic nitrogens is 1. The van der Waals surface area contributed by atoms with E-state index in [-0.39, 0.29) is 5.91 Å². The highest BCUT2D eigenvalue weighted by atomic mass is 35.5. The van der Waals surface area contributed by atoms with Gasteiger partial charge in [-0.1, -0.05) is 25.4 Å². The van der Waals surface area contributed by atoms with Gasteiger partial charge in [0.2, 0.25) is 0 Å². The Bertz CT molecular complexity index is 950. The van der Waals surface area contributed by atoms with Gasteiger partial charge in [0.25, 0.3) is 5.91 Å². The Balaban J connectivity index is 2.31. The smallest absolute Gasteiger partial charge is 0.250 e. The molecule has 0 bridgehead atoms. The van der Waals surface area contributed by atoms with E-state index in [1.807, 2.05) is 25.1 Å². The van der Waals surface area contributed by atoms with Crippen LogP contribution in [0.4, 0.5) is 0 Å².